The molecule has 1 saturated heterocycles. The minimum absolute atomic E-state index is 0.00231. The second kappa shape index (κ2) is 6.02. The molecular weight excluding hydrogens is 347 g/mol. The topological polar surface area (TPSA) is 60.9 Å². The number of hydrogen-bond acceptors (Lipinski definition) is 3. The van der Waals surface area contributed by atoms with E-state index in [1.807, 2.05) is 13.8 Å². The summed E-state index contributed by atoms with van der Waals surface area (Å²) >= 11 is 5.80. The van der Waals surface area contributed by atoms with Gasteiger partial charge in [0.2, 0.25) is 0 Å². The monoisotopic (exact) mass is 366 g/mol. The third kappa shape index (κ3) is 2.78. The van der Waals surface area contributed by atoms with E-state index in [2.05, 4.69) is 0 Å². The van der Waals surface area contributed by atoms with E-state index in [1.165, 1.54) is 17.0 Å². The Morgan fingerprint density at radius 2 is 2.00 bits per heavy atom. The van der Waals surface area contributed by atoms with Crippen molar-refractivity contribution in [3.63, 3.8) is 0 Å². The maximum absolute atomic E-state index is 13.3. The molecule has 25 heavy (non-hydrogen) atoms. The van der Waals surface area contributed by atoms with Gasteiger partial charge in [0.05, 0.1) is 10.6 Å². The van der Waals surface area contributed by atoms with Crippen LogP contribution in [0.5, 0.6) is 0 Å². The van der Waals surface area contributed by atoms with Crippen LogP contribution in [0.1, 0.15) is 25.8 Å². The summed E-state index contributed by atoms with van der Waals surface area (Å²) in [6.07, 6.45) is 0.630. The van der Waals surface area contributed by atoms with Crippen molar-refractivity contribution in [2.24, 2.45) is 5.92 Å². The molecule has 3 rings (SSSR count). The van der Waals surface area contributed by atoms with E-state index < -0.39 is 23.0 Å². The summed E-state index contributed by atoms with van der Waals surface area (Å²) in [5, 5.41) is 10.3. The molecule has 0 spiro atoms. The molecule has 7 heteroatoms. The van der Waals surface area contributed by atoms with E-state index in [9.17, 15) is 19.1 Å². The van der Waals surface area contributed by atoms with Crippen LogP contribution in [0.15, 0.2) is 29.5 Å². The molecule has 2 amide bonds. The number of carbonyl (C=O) groups excluding carboxylic acids is 2. The summed E-state index contributed by atoms with van der Waals surface area (Å²) in [6, 6.07) is 4.31. The van der Waals surface area contributed by atoms with Gasteiger partial charge >= 0.3 is 0 Å². The SMILES string of the molecule is CN1C(=O)C(O)=C2C(=O)N(Cc3ccc(F)c(Cl)c3)CCC2C1(C)C. The molecule has 1 atom stereocenters. The van der Waals surface area contributed by atoms with Crippen molar-refractivity contribution in [2.45, 2.75) is 32.4 Å². The van der Waals surface area contributed by atoms with Crippen molar-refractivity contribution >= 4 is 23.4 Å². The number of benzene rings is 1. The van der Waals surface area contributed by atoms with Crippen LogP contribution in [0.3, 0.4) is 0 Å². The van der Waals surface area contributed by atoms with Crippen LogP contribution in [0.4, 0.5) is 4.39 Å². The van der Waals surface area contributed by atoms with Gasteiger partial charge < -0.3 is 14.9 Å². The number of aliphatic hydroxyl groups is 1. The molecule has 0 aliphatic carbocycles. The van der Waals surface area contributed by atoms with E-state index in [1.54, 1.807) is 18.0 Å². The second-order valence-electron chi connectivity index (χ2n) is 7.10. The van der Waals surface area contributed by atoms with Gasteiger partial charge in [0, 0.05) is 31.6 Å². The highest BCUT2D eigenvalue weighted by atomic mass is 35.5. The van der Waals surface area contributed by atoms with Crippen LogP contribution in [-0.2, 0) is 16.1 Å². The summed E-state index contributed by atoms with van der Waals surface area (Å²) in [6.45, 7) is 4.52. The van der Waals surface area contributed by atoms with Gasteiger partial charge in [0.25, 0.3) is 11.8 Å². The number of nitrogens with zero attached hydrogens (tertiary/aromatic N) is 2. The first-order chi connectivity index (χ1) is 11.6. The molecule has 1 unspecified atom stereocenters. The number of fused-ring (bicyclic) bond motifs is 1. The number of likely N-dealkylation sites (N-methyl/N-ethyl adjacent to an activating group) is 1. The van der Waals surface area contributed by atoms with Crippen molar-refractivity contribution in [2.75, 3.05) is 13.6 Å². The van der Waals surface area contributed by atoms with Gasteiger partial charge in [0.1, 0.15) is 5.82 Å². The zero-order valence-electron chi connectivity index (χ0n) is 14.3. The number of hydrogen-bond donors (Lipinski definition) is 1. The van der Waals surface area contributed by atoms with Crippen LogP contribution < -0.4 is 0 Å². The molecule has 1 fully saturated rings. The van der Waals surface area contributed by atoms with Crippen LogP contribution in [0, 0.1) is 11.7 Å². The molecule has 2 heterocycles. The molecule has 1 N–H and O–H groups in total. The lowest BCUT2D eigenvalue weighted by Gasteiger charge is -2.49. The Balaban J connectivity index is 1.92. The fraction of sp³-hybridized carbons (Fsp3) is 0.444. The number of likely N-dealkylation sites (tertiary alicyclic amines) is 1. The molecule has 134 valence electrons. The van der Waals surface area contributed by atoms with Gasteiger partial charge in [0.15, 0.2) is 5.76 Å². The van der Waals surface area contributed by atoms with Crippen molar-refractivity contribution in [3.8, 4) is 0 Å². The van der Waals surface area contributed by atoms with E-state index in [4.69, 9.17) is 11.6 Å². The van der Waals surface area contributed by atoms with E-state index in [0.29, 0.717) is 18.5 Å². The zero-order valence-corrected chi connectivity index (χ0v) is 15.1. The third-order valence-corrected chi connectivity index (χ3v) is 5.68. The number of carbonyl (C=O) groups is 2. The van der Waals surface area contributed by atoms with Gasteiger partial charge in [-0.2, -0.15) is 0 Å². The molecule has 0 bridgehead atoms. The Hall–Kier alpha value is -2.08. The average Bonchev–Trinajstić information content (AvgIpc) is 2.56. The predicted molar refractivity (Wildman–Crippen MR) is 91.4 cm³/mol. The summed E-state index contributed by atoms with van der Waals surface area (Å²) in [4.78, 5) is 28.2. The van der Waals surface area contributed by atoms with Crippen molar-refractivity contribution in [3.05, 3.63) is 45.9 Å². The van der Waals surface area contributed by atoms with Crippen molar-refractivity contribution < 1.29 is 19.1 Å². The fourth-order valence-corrected chi connectivity index (χ4v) is 3.80. The highest BCUT2D eigenvalue weighted by molar-refractivity contribution is 6.30. The maximum atomic E-state index is 13.3. The number of aliphatic hydroxyl groups excluding tert-OH is 1. The lowest BCUT2D eigenvalue weighted by molar-refractivity contribution is -0.143. The average molecular weight is 367 g/mol. The molecule has 2 aliphatic heterocycles. The van der Waals surface area contributed by atoms with Crippen molar-refractivity contribution in [1.29, 1.82) is 0 Å². The molecule has 0 aromatic heterocycles. The second-order valence-corrected chi connectivity index (χ2v) is 7.50. The number of halogens is 2. The first-order valence-corrected chi connectivity index (χ1v) is 8.47. The standard InChI is InChI=1S/C18H20ClFN2O3/c1-18(2)11-6-7-22(9-10-4-5-13(20)12(19)8-10)16(24)14(11)15(23)17(25)21(18)3/h4-5,8,11,23H,6-7,9H2,1-3H3. The minimum Gasteiger partial charge on any atom is -0.503 e. The molecule has 1 aromatic rings. The van der Waals surface area contributed by atoms with Gasteiger partial charge in [-0.25, -0.2) is 4.39 Å². The molecule has 0 saturated carbocycles. The van der Waals surface area contributed by atoms with Gasteiger partial charge in [-0.3, -0.25) is 9.59 Å². The van der Waals surface area contributed by atoms with Crippen LogP contribution in [-0.4, -0.2) is 45.9 Å². The summed E-state index contributed by atoms with van der Waals surface area (Å²) in [5.41, 5.74) is 0.309. The van der Waals surface area contributed by atoms with Gasteiger partial charge in [-0.1, -0.05) is 17.7 Å². The van der Waals surface area contributed by atoms with Crippen LogP contribution in [0.2, 0.25) is 5.02 Å². The van der Waals surface area contributed by atoms with E-state index >= 15 is 0 Å². The maximum Gasteiger partial charge on any atom is 0.289 e. The third-order valence-electron chi connectivity index (χ3n) is 5.39. The first kappa shape index (κ1) is 17.7. The Morgan fingerprint density at radius 3 is 2.64 bits per heavy atom. The Labute approximate surface area is 150 Å². The number of piperidine rings is 1. The molecule has 5 nitrogen and oxygen atoms in total. The summed E-state index contributed by atoms with van der Waals surface area (Å²) < 4.78 is 13.3. The Bertz CT molecular complexity index is 791. The van der Waals surface area contributed by atoms with Gasteiger partial charge in [-0.15, -0.1) is 0 Å². The van der Waals surface area contributed by atoms with E-state index in [-0.39, 0.29) is 29.0 Å². The Morgan fingerprint density at radius 1 is 1.32 bits per heavy atom. The molecule has 0 radical (unpaired) electrons. The zero-order chi connectivity index (χ0) is 18.5. The molecule has 2 aliphatic rings. The minimum atomic E-state index is -0.556. The lowest BCUT2D eigenvalue weighted by atomic mass is 9.72. The van der Waals surface area contributed by atoms with Crippen LogP contribution in [0.25, 0.3) is 0 Å². The predicted octanol–water partition coefficient (Wildman–Crippen LogP) is 2.89. The summed E-state index contributed by atoms with van der Waals surface area (Å²) in [7, 11) is 1.63. The highest BCUT2D eigenvalue weighted by Gasteiger charge is 2.50. The smallest absolute Gasteiger partial charge is 0.289 e. The van der Waals surface area contributed by atoms with Gasteiger partial charge in [-0.05, 0) is 38.0 Å². The number of rotatable bonds is 2. The summed E-state index contributed by atoms with van der Waals surface area (Å²) in [5.74, 6) is -2.12. The highest BCUT2D eigenvalue weighted by Crippen LogP contribution is 2.41. The molecular formula is C18H20ClFN2O3. The van der Waals surface area contributed by atoms with E-state index in [0.717, 1.165) is 0 Å². The normalized spacial score (nSPS) is 23.2. The van der Waals surface area contributed by atoms with Crippen LogP contribution >= 0.6 is 11.6 Å². The lowest BCUT2D eigenvalue weighted by Crippen LogP contribution is -2.59. The first-order valence-electron chi connectivity index (χ1n) is 8.09. The van der Waals surface area contributed by atoms with Crippen molar-refractivity contribution in [1.82, 2.24) is 9.80 Å². The molecule has 1 aromatic carbocycles. The largest absolute Gasteiger partial charge is 0.503 e. The quantitative estimate of drug-likeness (QED) is 0.875. The number of amides is 2. The fourth-order valence-electron chi connectivity index (χ4n) is 3.60. The Kier molecular flexibility index (Phi) is 4.27.